The highest BCUT2D eigenvalue weighted by atomic mass is 32.4. The van der Waals surface area contributed by atoms with Crippen LogP contribution in [0.25, 0.3) is 0 Å². The van der Waals surface area contributed by atoms with Gasteiger partial charge >= 0.3 is 5.97 Å². The van der Waals surface area contributed by atoms with E-state index in [2.05, 4.69) is 49.3 Å². The monoisotopic (exact) mass is 344 g/mol. The number of carboxylic acid groups (broad SMARTS) is 1. The molecule has 0 atom stereocenters. The number of aliphatic carboxylic acids is 1. The average Bonchev–Trinajstić information content (AvgIpc) is 2.23. The molecular weight excluding hydrogens is 320 g/mol. The van der Waals surface area contributed by atoms with Gasteiger partial charge in [-0.25, -0.2) is 4.98 Å². The summed E-state index contributed by atoms with van der Waals surface area (Å²) in [5, 5.41) is 9.56. The van der Waals surface area contributed by atoms with Crippen molar-refractivity contribution >= 4 is 32.7 Å². The van der Waals surface area contributed by atoms with Crippen molar-refractivity contribution in [1.29, 1.82) is 0 Å². The molecule has 0 unspecified atom stereocenters. The highest BCUT2D eigenvalue weighted by molar-refractivity contribution is 8.28. The molecule has 0 aliphatic carbocycles. The molecule has 0 radical (unpaired) electrons. The molecular formula is C13H24N2O3SSi2. The van der Waals surface area contributed by atoms with Crippen molar-refractivity contribution in [1.82, 2.24) is 9.97 Å². The molecule has 8 heteroatoms. The minimum absolute atomic E-state index is 0.0614. The first kappa shape index (κ1) is 18.2. The molecule has 0 fully saturated rings. The molecule has 118 valence electrons. The van der Waals surface area contributed by atoms with Crippen LogP contribution in [0.5, 0.6) is 5.88 Å². The van der Waals surface area contributed by atoms with E-state index in [1.165, 1.54) is 0 Å². The molecule has 0 aliphatic heterocycles. The molecule has 0 aromatic carbocycles. The van der Waals surface area contributed by atoms with Crippen LogP contribution in [0.3, 0.4) is 0 Å². The summed E-state index contributed by atoms with van der Waals surface area (Å²) in [5.41, 5.74) is 0.778. The summed E-state index contributed by atoms with van der Waals surface area (Å²) in [5.74, 6) is -0.263. The van der Waals surface area contributed by atoms with Gasteiger partial charge in [-0.2, -0.15) is 4.98 Å². The summed E-state index contributed by atoms with van der Waals surface area (Å²) in [4.78, 5) is 19.6. The van der Waals surface area contributed by atoms with Crippen LogP contribution in [0.2, 0.25) is 39.3 Å². The van der Waals surface area contributed by atoms with E-state index in [1.807, 2.05) is 0 Å². The van der Waals surface area contributed by atoms with Gasteiger partial charge in [0.15, 0.2) is 5.16 Å². The standard InChI is InChI=1S/C13H24N2O3SSi2/c1-20(2,3)18-12-10(7-8-11(16)17)9-14-13(15-12)19-21(4,5)6/h9H,7-8H2,1-6H3,(H,16,17). The maximum Gasteiger partial charge on any atom is 0.303 e. The fourth-order valence-corrected chi connectivity index (χ4v) is 4.97. The van der Waals surface area contributed by atoms with E-state index in [-0.39, 0.29) is 6.42 Å². The van der Waals surface area contributed by atoms with E-state index in [0.717, 1.165) is 10.7 Å². The Balaban J connectivity index is 3.04. The van der Waals surface area contributed by atoms with Gasteiger partial charge in [-0.3, -0.25) is 4.79 Å². The Hall–Kier alpha value is -0.866. The quantitative estimate of drug-likeness (QED) is 0.601. The van der Waals surface area contributed by atoms with E-state index in [4.69, 9.17) is 9.53 Å². The fraction of sp³-hybridized carbons (Fsp3) is 0.615. The van der Waals surface area contributed by atoms with Crippen molar-refractivity contribution in [2.24, 2.45) is 0 Å². The first-order valence-electron chi connectivity index (χ1n) is 6.92. The summed E-state index contributed by atoms with van der Waals surface area (Å²) in [6.45, 7) is 13.0. The zero-order valence-electron chi connectivity index (χ0n) is 13.6. The third kappa shape index (κ3) is 7.63. The van der Waals surface area contributed by atoms with E-state index in [1.54, 1.807) is 17.4 Å². The fourth-order valence-electron chi connectivity index (χ4n) is 1.49. The molecule has 0 aliphatic rings. The van der Waals surface area contributed by atoms with Gasteiger partial charge in [-0.15, -0.1) is 11.2 Å². The highest BCUT2D eigenvalue weighted by Crippen LogP contribution is 2.29. The second-order valence-electron chi connectivity index (χ2n) is 6.81. The maximum atomic E-state index is 10.8. The largest absolute Gasteiger partial charge is 0.531 e. The van der Waals surface area contributed by atoms with Gasteiger partial charge in [0.05, 0.1) is 0 Å². The van der Waals surface area contributed by atoms with Gasteiger partial charge in [0, 0.05) is 18.2 Å². The normalized spacial score (nSPS) is 12.3. The maximum absolute atomic E-state index is 10.8. The molecule has 0 saturated heterocycles. The number of aryl methyl sites for hydroxylation is 1. The predicted octanol–water partition coefficient (Wildman–Crippen LogP) is 3.63. The van der Waals surface area contributed by atoms with Crippen LogP contribution in [0, 0.1) is 0 Å². The molecule has 0 spiro atoms. The number of hydrogen-bond acceptors (Lipinski definition) is 5. The number of aromatic nitrogens is 2. The van der Waals surface area contributed by atoms with Crippen LogP contribution in [-0.2, 0) is 11.2 Å². The molecule has 1 rings (SSSR count). The van der Waals surface area contributed by atoms with Gasteiger partial charge < -0.3 is 9.53 Å². The summed E-state index contributed by atoms with van der Waals surface area (Å²) in [6.07, 6.45) is 2.17. The topological polar surface area (TPSA) is 72.3 Å². The Morgan fingerprint density at radius 1 is 1.29 bits per heavy atom. The van der Waals surface area contributed by atoms with Crippen LogP contribution < -0.4 is 4.43 Å². The molecule has 1 aromatic heterocycles. The number of hydrogen-bond donors (Lipinski definition) is 1. The van der Waals surface area contributed by atoms with Crippen molar-refractivity contribution in [3.8, 4) is 5.88 Å². The zero-order chi connectivity index (χ0) is 16.3. The number of carbonyl (C=O) groups is 1. The summed E-state index contributed by atoms with van der Waals surface area (Å²) >= 11 is 1.71. The van der Waals surface area contributed by atoms with Crippen LogP contribution in [0.4, 0.5) is 0 Å². The molecule has 1 aromatic rings. The van der Waals surface area contributed by atoms with Gasteiger partial charge in [-0.05, 0) is 26.1 Å². The lowest BCUT2D eigenvalue weighted by atomic mass is 10.2. The predicted molar refractivity (Wildman–Crippen MR) is 91.2 cm³/mol. The van der Waals surface area contributed by atoms with Gasteiger partial charge in [0.2, 0.25) is 14.2 Å². The lowest BCUT2D eigenvalue weighted by Crippen LogP contribution is -2.30. The Bertz CT molecular complexity index is 513. The van der Waals surface area contributed by atoms with Crippen LogP contribution in [0.1, 0.15) is 12.0 Å². The van der Waals surface area contributed by atoms with Crippen molar-refractivity contribution in [3.05, 3.63) is 11.8 Å². The average molecular weight is 345 g/mol. The SMILES string of the molecule is C[Si](C)(C)Oc1nc(S[Si](C)(C)C)ncc1CCC(=O)O. The Morgan fingerprint density at radius 3 is 2.38 bits per heavy atom. The number of nitrogens with zero attached hydrogens (tertiary/aromatic N) is 2. The molecule has 0 saturated carbocycles. The first-order chi connectivity index (χ1) is 9.46. The van der Waals surface area contributed by atoms with E-state index >= 15 is 0 Å². The highest BCUT2D eigenvalue weighted by Gasteiger charge is 2.22. The number of carboxylic acids is 1. The summed E-state index contributed by atoms with van der Waals surface area (Å²) in [6, 6.07) is 0. The van der Waals surface area contributed by atoms with E-state index < -0.39 is 21.5 Å². The third-order valence-corrected chi connectivity index (χ3v) is 6.39. The first-order valence-corrected chi connectivity index (χ1v) is 15.4. The molecule has 1 heterocycles. The minimum atomic E-state index is -1.80. The molecule has 0 bridgehead atoms. The smallest absolute Gasteiger partial charge is 0.303 e. The van der Waals surface area contributed by atoms with E-state index in [9.17, 15) is 4.79 Å². The minimum Gasteiger partial charge on any atom is -0.531 e. The van der Waals surface area contributed by atoms with Crippen molar-refractivity contribution < 1.29 is 14.3 Å². The third-order valence-electron chi connectivity index (χ3n) is 2.21. The lowest BCUT2D eigenvalue weighted by Gasteiger charge is -2.21. The second-order valence-corrected chi connectivity index (χ2v) is 20.3. The summed E-state index contributed by atoms with van der Waals surface area (Å²) < 4.78 is 6.02. The lowest BCUT2D eigenvalue weighted by molar-refractivity contribution is -0.136. The van der Waals surface area contributed by atoms with Crippen LogP contribution in [-0.4, -0.2) is 36.6 Å². The molecule has 5 nitrogen and oxygen atoms in total. The Morgan fingerprint density at radius 2 is 1.90 bits per heavy atom. The number of rotatable bonds is 7. The Kier molecular flexibility index (Phi) is 6.00. The van der Waals surface area contributed by atoms with Gasteiger partial charge in [-0.1, -0.05) is 19.6 Å². The second kappa shape index (κ2) is 6.93. The molecule has 21 heavy (non-hydrogen) atoms. The van der Waals surface area contributed by atoms with Crippen molar-refractivity contribution in [2.45, 2.75) is 57.3 Å². The molecule has 0 amide bonds. The Labute approximate surface area is 132 Å². The zero-order valence-corrected chi connectivity index (χ0v) is 16.4. The van der Waals surface area contributed by atoms with Crippen molar-refractivity contribution in [2.75, 3.05) is 0 Å². The van der Waals surface area contributed by atoms with Crippen LogP contribution in [0.15, 0.2) is 11.4 Å². The van der Waals surface area contributed by atoms with E-state index in [0.29, 0.717) is 12.3 Å². The molecule has 1 N–H and O–H groups in total. The summed E-state index contributed by atoms with van der Waals surface area (Å²) in [7, 11) is -3.18. The van der Waals surface area contributed by atoms with Gasteiger partial charge in [0.25, 0.3) is 0 Å². The van der Waals surface area contributed by atoms with Gasteiger partial charge in [0.1, 0.15) is 7.22 Å². The van der Waals surface area contributed by atoms with Crippen LogP contribution >= 0.6 is 11.2 Å². The van der Waals surface area contributed by atoms with Crippen molar-refractivity contribution in [3.63, 3.8) is 0 Å².